The monoisotopic (exact) mass is 299 g/mol. The number of nitrogens with zero attached hydrogens (tertiary/aromatic N) is 3. The van der Waals surface area contributed by atoms with Gasteiger partial charge in [0.1, 0.15) is 0 Å². The first-order chi connectivity index (χ1) is 10.7. The minimum absolute atomic E-state index is 0.0346. The fourth-order valence-electron chi connectivity index (χ4n) is 2.97. The first-order valence-corrected chi connectivity index (χ1v) is 7.74. The van der Waals surface area contributed by atoms with Crippen molar-refractivity contribution in [3.8, 4) is 5.69 Å². The summed E-state index contributed by atoms with van der Waals surface area (Å²) < 4.78 is 0. The Morgan fingerprint density at radius 2 is 1.86 bits per heavy atom. The number of carbonyl (C=O) groups excluding carboxylic acids is 1. The number of nitrogens with two attached hydrogens (primary N) is 1. The molecule has 1 amide bonds. The van der Waals surface area contributed by atoms with Crippen molar-refractivity contribution in [2.45, 2.75) is 38.1 Å². The number of hydrogen-bond donors (Lipinski definition) is 2. The van der Waals surface area contributed by atoms with Crippen molar-refractivity contribution >= 4 is 11.6 Å². The largest absolute Gasteiger partial charge is 0.327 e. The van der Waals surface area contributed by atoms with Crippen LogP contribution in [-0.4, -0.2) is 26.9 Å². The zero-order valence-electron chi connectivity index (χ0n) is 12.5. The van der Waals surface area contributed by atoms with E-state index in [9.17, 15) is 4.79 Å². The van der Waals surface area contributed by atoms with Crippen LogP contribution in [0.4, 0.5) is 5.69 Å². The Labute approximate surface area is 129 Å². The highest BCUT2D eigenvalue weighted by Gasteiger charge is 2.24. The molecule has 1 aliphatic carbocycles. The molecule has 1 aliphatic rings. The van der Waals surface area contributed by atoms with Gasteiger partial charge in [0.25, 0.3) is 0 Å². The third-order valence-electron chi connectivity index (χ3n) is 4.22. The van der Waals surface area contributed by atoms with Crippen LogP contribution in [0.15, 0.2) is 36.7 Å². The lowest BCUT2D eigenvalue weighted by molar-refractivity contribution is -0.117. The van der Waals surface area contributed by atoms with Gasteiger partial charge >= 0.3 is 0 Å². The predicted molar refractivity (Wildman–Crippen MR) is 84.5 cm³/mol. The highest BCUT2D eigenvalue weighted by atomic mass is 16.1. The van der Waals surface area contributed by atoms with Crippen LogP contribution in [0.3, 0.4) is 0 Å². The summed E-state index contributed by atoms with van der Waals surface area (Å²) in [6, 6.07) is 7.63. The van der Waals surface area contributed by atoms with Gasteiger partial charge < -0.3 is 11.1 Å². The molecule has 0 spiro atoms. The second-order valence-corrected chi connectivity index (χ2v) is 5.83. The number of benzene rings is 1. The van der Waals surface area contributed by atoms with Gasteiger partial charge in [-0.15, -0.1) is 0 Å². The maximum absolute atomic E-state index is 12.1. The fraction of sp³-hybridized carbons (Fsp3) is 0.438. The summed E-state index contributed by atoms with van der Waals surface area (Å²) in [6.45, 7) is 0. The third-order valence-corrected chi connectivity index (χ3v) is 4.22. The van der Waals surface area contributed by atoms with E-state index in [1.54, 1.807) is 12.4 Å². The molecule has 22 heavy (non-hydrogen) atoms. The van der Waals surface area contributed by atoms with E-state index in [-0.39, 0.29) is 11.9 Å². The number of anilines is 1. The van der Waals surface area contributed by atoms with Crippen molar-refractivity contribution in [2.75, 3.05) is 5.32 Å². The molecule has 3 rings (SSSR count). The van der Waals surface area contributed by atoms with Gasteiger partial charge in [-0.2, -0.15) is 15.0 Å². The van der Waals surface area contributed by atoms with E-state index in [2.05, 4.69) is 15.5 Å². The zero-order chi connectivity index (χ0) is 15.4. The van der Waals surface area contributed by atoms with Gasteiger partial charge in [-0.1, -0.05) is 12.8 Å². The molecule has 0 radical (unpaired) electrons. The van der Waals surface area contributed by atoms with Crippen molar-refractivity contribution in [2.24, 2.45) is 11.7 Å². The predicted octanol–water partition coefficient (Wildman–Crippen LogP) is 2.11. The minimum atomic E-state index is 0.0346. The Morgan fingerprint density at radius 3 is 2.55 bits per heavy atom. The Hall–Kier alpha value is -2.21. The molecule has 2 aromatic rings. The van der Waals surface area contributed by atoms with Crippen LogP contribution in [0.25, 0.3) is 5.69 Å². The quantitative estimate of drug-likeness (QED) is 0.905. The average molecular weight is 299 g/mol. The molecule has 1 fully saturated rings. The first kappa shape index (κ1) is 14.7. The Morgan fingerprint density at radius 1 is 1.18 bits per heavy atom. The molecule has 1 saturated carbocycles. The summed E-state index contributed by atoms with van der Waals surface area (Å²) in [7, 11) is 0. The van der Waals surface area contributed by atoms with Gasteiger partial charge in [-0.25, -0.2) is 0 Å². The van der Waals surface area contributed by atoms with Crippen molar-refractivity contribution in [1.82, 2.24) is 15.0 Å². The SMILES string of the molecule is NC1CCCCC1CC(=O)Nc1ccc(-n2nccn2)cc1. The molecule has 6 nitrogen and oxygen atoms in total. The summed E-state index contributed by atoms with van der Waals surface area (Å²) in [6.07, 6.45) is 8.21. The highest BCUT2D eigenvalue weighted by Crippen LogP contribution is 2.26. The third kappa shape index (κ3) is 3.51. The summed E-state index contributed by atoms with van der Waals surface area (Å²) in [5.41, 5.74) is 7.74. The second kappa shape index (κ2) is 6.70. The molecule has 1 heterocycles. The number of rotatable bonds is 4. The van der Waals surface area contributed by atoms with E-state index in [0.29, 0.717) is 12.3 Å². The van der Waals surface area contributed by atoms with Crippen LogP contribution in [0, 0.1) is 5.92 Å². The summed E-state index contributed by atoms with van der Waals surface area (Å²) >= 11 is 0. The van der Waals surface area contributed by atoms with E-state index in [1.165, 1.54) is 17.6 Å². The number of aromatic nitrogens is 3. The van der Waals surface area contributed by atoms with Gasteiger partial charge in [-0.05, 0) is 43.0 Å². The van der Waals surface area contributed by atoms with Crippen LogP contribution in [0.2, 0.25) is 0 Å². The topological polar surface area (TPSA) is 85.8 Å². The first-order valence-electron chi connectivity index (χ1n) is 7.74. The van der Waals surface area contributed by atoms with Gasteiger partial charge in [0.05, 0.1) is 18.1 Å². The molecular formula is C16H21N5O. The van der Waals surface area contributed by atoms with E-state index in [0.717, 1.165) is 24.2 Å². The summed E-state index contributed by atoms with van der Waals surface area (Å²) in [5, 5.41) is 11.1. The van der Waals surface area contributed by atoms with Crippen molar-refractivity contribution < 1.29 is 4.79 Å². The van der Waals surface area contributed by atoms with E-state index >= 15 is 0 Å². The van der Waals surface area contributed by atoms with Crippen molar-refractivity contribution in [3.05, 3.63) is 36.7 Å². The van der Waals surface area contributed by atoms with Crippen molar-refractivity contribution in [1.29, 1.82) is 0 Å². The molecule has 0 aliphatic heterocycles. The van der Waals surface area contributed by atoms with Crippen LogP contribution in [0.1, 0.15) is 32.1 Å². The smallest absolute Gasteiger partial charge is 0.224 e. The van der Waals surface area contributed by atoms with E-state index in [4.69, 9.17) is 5.73 Å². The molecule has 1 aromatic carbocycles. The molecule has 2 atom stereocenters. The van der Waals surface area contributed by atoms with Crippen LogP contribution in [0.5, 0.6) is 0 Å². The lowest BCUT2D eigenvalue weighted by Gasteiger charge is -2.27. The number of hydrogen-bond acceptors (Lipinski definition) is 4. The number of amides is 1. The normalized spacial score (nSPS) is 21.5. The van der Waals surface area contributed by atoms with Crippen LogP contribution < -0.4 is 11.1 Å². The minimum Gasteiger partial charge on any atom is -0.327 e. The Kier molecular flexibility index (Phi) is 4.48. The average Bonchev–Trinajstić information content (AvgIpc) is 3.05. The molecular weight excluding hydrogens is 278 g/mol. The van der Waals surface area contributed by atoms with E-state index < -0.39 is 0 Å². The van der Waals surface area contributed by atoms with Gasteiger partial charge in [0.2, 0.25) is 5.91 Å². The zero-order valence-corrected chi connectivity index (χ0v) is 12.5. The Balaban J connectivity index is 1.57. The van der Waals surface area contributed by atoms with Gasteiger partial charge in [0, 0.05) is 18.2 Å². The fourth-order valence-corrected chi connectivity index (χ4v) is 2.97. The van der Waals surface area contributed by atoms with E-state index in [1.807, 2.05) is 24.3 Å². The lowest BCUT2D eigenvalue weighted by atomic mass is 9.83. The summed E-state index contributed by atoms with van der Waals surface area (Å²) in [5.74, 6) is 0.341. The molecule has 0 saturated heterocycles. The maximum Gasteiger partial charge on any atom is 0.224 e. The molecule has 3 N–H and O–H groups in total. The van der Waals surface area contributed by atoms with Gasteiger partial charge in [-0.3, -0.25) is 4.79 Å². The highest BCUT2D eigenvalue weighted by molar-refractivity contribution is 5.91. The molecule has 0 bridgehead atoms. The molecule has 2 unspecified atom stereocenters. The van der Waals surface area contributed by atoms with Gasteiger partial charge in [0.15, 0.2) is 0 Å². The maximum atomic E-state index is 12.1. The second-order valence-electron chi connectivity index (χ2n) is 5.83. The number of nitrogens with one attached hydrogen (secondary N) is 1. The molecule has 6 heteroatoms. The molecule has 116 valence electrons. The summed E-state index contributed by atoms with van der Waals surface area (Å²) in [4.78, 5) is 13.7. The standard InChI is InChI=1S/C16H21N5O/c17-15-4-2-1-3-12(15)11-16(22)20-13-5-7-14(8-6-13)21-18-9-10-19-21/h5-10,12,15H,1-4,11,17H2,(H,20,22). The van der Waals surface area contributed by atoms with Crippen LogP contribution >= 0.6 is 0 Å². The molecule has 1 aromatic heterocycles. The number of carbonyl (C=O) groups is 1. The van der Waals surface area contributed by atoms with Crippen LogP contribution in [-0.2, 0) is 4.79 Å². The lowest BCUT2D eigenvalue weighted by Crippen LogP contribution is -2.35. The Bertz CT molecular complexity index is 608. The van der Waals surface area contributed by atoms with Crippen molar-refractivity contribution in [3.63, 3.8) is 0 Å².